The van der Waals surface area contributed by atoms with Crippen molar-refractivity contribution in [3.8, 4) is 11.4 Å². The fourth-order valence-corrected chi connectivity index (χ4v) is 4.51. The van der Waals surface area contributed by atoms with Crippen LogP contribution in [0.5, 0.6) is 0 Å². The number of nitrogens with one attached hydrogen (secondary N) is 3. The third-order valence-electron chi connectivity index (χ3n) is 5.43. The van der Waals surface area contributed by atoms with Crippen LogP contribution in [0.2, 0.25) is 0 Å². The molecule has 3 heterocycles. The summed E-state index contributed by atoms with van der Waals surface area (Å²) in [6.45, 7) is 4.26. The molecule has 3 N–H and O–H groups in total. The maximum atomic E-state index is 12.9. The minimum Gasteiger partial charge on any atom is -0.469 e. The summed E-state index contributed by atoms with van der Waals surface area (Å²) in [7, 11) is 0. The van der Waals surface area contributed by atoms with Crippen LogP contribution in [-0.4, -0.2) is 35.9 Å². The molecule has 0 spiro atoms. The highest BCUT2D eigenvalue weighted by atomic mass is 32.2. The van der Waals surface area contributed by atoms with E-state index < -0.39 is 5.25 Å². The molecule has 5 aromatic rings. The molecule has 0 aliphatic heterocycles. The maximum absolute atomic E-state index is 12.9. The van der Waals surface area contributed by atoms with Gasteiger partial charge in [-0.25, -0.2) is 4.79 Å². The lowest BCUT2D eigenvalue weighted by atomic mass is 10.2. The zero-order chi connectivity index (χ0) is 23.7. The first-order valence-electron chi connectivity index (χ1n) is 10.7. The van der Waals surface area contributed by atoms with E-state index >= 15 is 0 Å². The molecule has 3 aromatic heterocycles. The summed E-state index contributed by atoms with van der Waals surface area (Å²) in [5.74, 6) is 1.26. The Bertz CT molecular complexity index is 1510. The number of nitrogens with zero attached hydrogens (tertiary/aromatic N) is 3. The van der Waals surface area contributed by atoms with Crippen LogP contribution in [0, 0.1) is 6.92 Å². The van der Waals surface area contributed by atoms with E-state index in [9.17, 15) is 9.59 Å². The van der Waals surface area contributed by atoms with Crippen molar-refractivity contribution in [3.63, 3.8) is 0 Å². The van der Waals surface area contributed by atoms with Crippen LogP contribution >= 0.6 is 11.8 Å². The molecule has 2 aromatic carbocycles. The number of hydrogen-bond donors (Lipinski definition) is 3. The Morgan fingerprint density at radius 1 is 1.12 bits per heavy atom. The number of fused-ring (bicyclic) bond motifs is 1. The summed E-state index contributed by atoms with van der Waals surface area (Å²) >= 11 is 1.33. The van der Waals surface area contributed by atoms with E-state index in [0.717, 1.165) is 16.9 Å². The number of hydrogen-bond acceptors (Lipinski definition) is 6. The Hall–Kier alpha value is -4.05. The Balaban J connectivity index is 1.39. The molecule has 1 atom stereocenters. The van der Waals surface area contributed by atoms with Crippen molar-refractivity contribution < 1.29 is 9.21 Å². The van der Waals surface area contributed by atoms with E-state index in [-0.39, 0.29) is 11.6 Å². The molecule has 0 radical (unpaired) electrons. The highest BCUT2D eigenvalue weighted by molar-refractivity contribution is 8.00. The number of carbonyl (C=O) groups is 1. The molecular formula is C24H22N6O3S. The first-order valence-corrected chi connectivity index (χ1v) is 11.6. The number of aromatic amines is 2. The Kier molecular flexibility index (Phi) is 5.81. The van der Waals surface area contributed by atoms with Crippen LogP contribution < -0.4 is 11.0 Å². The van der Waals surface area contributed by atoms with E-state index in [1.54, 1.807) is 24.5 Å². The SMILES string of the molecule is Cc1occc1-c1nnc(SC(C)C(=O)Nc2ccc3[nH]c(=O)[nH]c3c2)n1Cc1ccccc1. The second-order valence-corrected chi connectivity index (χ2v) is 9.17. The van der Waals surface area contributed by atoms with E-state index in [1.807, 2.05) is 54.8 Å². The van der Waals surface area contributed by atoms with Crippen LogP contribution in [0.3, 0.4) is 0 Å². The van der Waals surface area contributed by atoms with E-state index in [4.69, 9.17) is 4.42 Å². The molecule has 1 amide bonds. The fourth-order valence-electron chi connectivity index (χ4n) is 3.67. The minimum atomic E-state index is -0.446. The zero-order valence-electron chi connectivity index (χ0n) is 18.5. The van der Waals surface area contributed by atoms with Gasteiger partial charge in [0.2, 0.25) is 5.91 Å². The van der Waals surface area contributed by atoms with E-state index in [1.165, 1.54) is 11.8 Å². The standard InChI is InChI=1S/C24H22N6O3S/c1-14-18(10-11-33-14)21-28-29-24(30(21)13-16-6-4-3-5-7-16)34-15(2)22(31)25-17-8-9-19-20(12-17)27-23(32)26-19/h3-12,15H,13H2,1-2H3,(H,25,31)(H2,26,27,32). The molecule has 0 saturated heterocycles. The number of H-pyrrole nitrogens is 2. The molecule has 34 heavy (non-hydrogen) atoms. The predicted molar refractivity (Wildman–Crippen MR) is 131 cm³/mol. The third-order valence-corrected chi connectivity index (χ3v) is 6.52. The van der Waals surface area contributed by atoms with Crippen molar-refractivity contribution in [2.75, 3.05) is 5.32 Å². The quantitative estimate of drug-likeness (QED) is 0.304. The number of aromatic nitrogens is 5. The molecular weight excluding hydrogens is 452 g/mol. The molecule has 0 fully saturated rings. The minimum absolute atomic E-state index is 0.183. The normalized spacial score (nSPS) is 12.2. The average Bonchev–Trinajstić information content (AvgIpc) is 3.52. The van der Waals surface area contributed by atoms with Gasteiger partial charge in [0.25, 0.3) is 0 Å². The first-order chi connectivity index (χ1) is 16.5. The number of imidazole rings is 1. The number of thioether (sulfide) groups is 1. The summed E-state index contributed by atoms with van der Waals surface area (Å²) in [5.41, 5.74) is 3.58. The number of carbonyl (C=O) groups excluding carboxylic acids is 1. The zero-order valence-corrected chi connectivity index (χ0v) is 19.3. The Labute approximate surface area is 198 Å². The number of amides is 1. The number of furan rings is 1. The van der Waals surface area contributed by atoms with E-state index in [0.29, 0.717) is 34.2 Å². The van der Waals surface area contributed by atoms with Gasteiger partial charge in [0, 0.05) is 5.69 Å². The van der Waals surface area contributed by atoms with Crippen LogP contribution in [0.4, 0.5) is 5.69 Å². The summed E-state index contributed by atoms with van der Waals surface area (Å²) in [5, 5.41) is 11.9. The highest BCUT2D eigenvalue weighted by Crippen LogP contribution is 2.30. The van der Waals surface area contributed by atoms with Crippen molar-refractivity contribution >= 4 is 34.4 Å². The first kappa shape index (κ1) is 21.8. The highest BCUT2D eigenvalue weighted by Gasteiger charge is 2.22. The van der Waals surface area contributed by atoms with Crippen molar-refractivity contribution in [2.24, 2.45) is 0 Å². The topological polar surface area (TPSA) is 122 Å². The number of aryl methyl sites for hydroxylation is 1. The molecule has 0 bridgehead atoms. The van der Waals surface area contributed by atoms with Crippen molar-refractivity contribution in [2.45, 2.75) is 30.8 Å². The van der Waals surface area contributed by atoms with Gasteiger partial charge in [-0.1, -0.05) is 42.1 Å². The Morgan fingerprint density at radius 2 is 1.91 bits per heavy atom. The van der Waals surface area contributed by atoms with Gasteiger partial charge in [0.1, 0.15) is 5.76 Å². The molecule has 10 heteroatoms. The lowest BCUT2D eigenvalue weighted by molar-refractivity contribution is -0.115. The van der Waals surface area contributed by atoms with Crippen molar-refractivity contribution in [3.05, 3.63) is 82.7 Å². The average molecular weight is 475 g/mol. The van der Waals surface area contributed by atoms with E-state index in [2.05, 4.69) is 25.5 Å². The lowest BCUT2D eigenvalue weighted by Gasteiger charge is -2.14. The van der Waals surface area contributed by atoms with Gasteiger partial charge in [-0.2, -0.15) is 0 Å². The van der Waals surface area contributed by atoms with Gasteiger partial charge >= 0.3 is 5.69 Å². The summed E-state index contributed by atoms with van der Waals surface area (Å²) < 4.78 is 7.47. The molecule has 0 aliphatic rings. The van der Waals surface area contributed by atoms with Crippen LogP contribution in [-0.2, 0) is 11.3 Å². The van der Waals surface area contributed by atoms with Crippen molar-refractivity contribution in [1.29, 1.82) is 0 Å². The summed E-state index contributed by atoms with van der Waals surface area (Å²) in [6.07, 6.45) is 1.63. The van der Waals surface area contributed by atoms with Crippen LogP contribution in [0.15, 0.2) is 75.2 Å². The van der Waals surface area contributed by atoms with Gasteiger partial charge in [0.05, 0.1) is 34.7 Å². The molecule has 1 unspecified atom stereocenters. The van der Waals surface area contributed by atoms with Crippen LogP contribution in [0.1, 0.15) is 18.2 Å². The van der Waals surface area contributed by atoms with Gasteiger partial charge in [-0.05, 0) is 43.7 Å². The van der Waals surface area contributed by atoms with Gasteiger partial charge in [-0.3, -0.25) is 9.36 Å². The van der Waals surface area contributed by atoms with Gasteiger partial charge < -0.3 is 19.7 Å². The van der Waals surface area contributed by atoms with Gasteiger partial charge in [0.15, 0.2) is 11.0 Å². The number of anilines is 1. The fraction of sp³-hybridized carbons (Fsp3) is 0.167. The number of rotatable bonds is 7. The molecule has 9 nitrogen and oxygen atoms in total. The smallest absolute Gasteiger partial charge is 0.323 e. The molecule has 5 rings (SSSR count). The largest absolute Gasteiger partial charge is 0.469 e. The molecule has 0 saturated carbocycles. The predicted octanol–water partition coefficient (Wildman–Crippen LogP) is 4.18. The summed E-state index contributed by atoms with van der Waals surface area (Å²) in [6, 6.07) is 17.1. The molecule has 0 aliphatic carbocycles. The number of benzene rings is 2. The van der Waals surface area contributed by atoms with Crippen LogP contribution in [0.25, 0.3) is 22.4 Å². The molecule has 172 valence electrons. The second kappa shape index (κ2) is 9.06. The maximum Gasteiger partial charge on any atom is 0.323 e. The Morgan fingerprint density at radius 3 is 2.68 bits per heavy atom. The monoisotopic (exact) mass is 474 g/mol. The third kappa shape index (κ3) is 4.40. The van der Waals surface area contributed by atoms with Gasteiger partial charge in [-0.15, -0.1) is 10.2 Å². The lowest BCUT2D eigenvalue weighted by Crippen LogP contribution is -2.23. The summed E-state index contributed by atoms with van der Waals surface area (Å²) in [4.78, 5) is 29.8. The van der Waals surface area contributed by atoms with Crippen molar-refractivity contribution in [1.82, 2.24) is 24.7 Å². The second-order valence-electron chi connectivity index (χ2n) is 7.86.